The van der Waals surface area contributed by atoms with Gasteiger partial charge in [-0.3, -0.25) is 4.79 Å². The maximum absolute atomic E-state index is 13.0. The highest BCUT2D eigenvalue weighted by Crippen LogP contribution is 2.23. The third-order valence-corrected chi connectivity index (χ3v) is 5.52. The third-order valence-electron chi connectivity index (χ3n) is 5.52. The predicted molar refractivity (Wildman–Crippen MR) is 117 cm³/mol. The Kier molecular flexibility index (Phi) is 5.56. The second-order valence-corrected chi connectivity index (χ2v) is 7.42. The van der Waals surface area contributed by atoms with E-state index in [0.717, 1.165) is 30.2 Å². The number of carbonyl (C=O) groups is 1. The number of methoxy groups -OCH3 is 1. The minimum Gasteiger partial charge on any atom is -0.497 e. The number of aryl methyl sites for hydroxylation is 2. The van der Waals surface area contributed by atoms with Crippen molar-refractivity contribution in [3.63, 3.8) is 0 Å². The molecule has 2 aromatic carbocycles. The van der Waals surface area contributed by atoms with Gasteiger partial charge in [-0.2, -0.15) is 5.21 Å². The molecule has 0 atom stereocenters. The van der Waals surface area contributed by atoms with E-state index in [1.165, 1.54) is 11.1 Å². The van der Waals surface area contributed by atoms with Crippen molar-refractivity contribution >= 4 is 23.1 Å². The quantitative estimate of drug-likeness (QED) is 0.677. The van der Waals surface area contributed by atoms with E-state index in [1.54, 1.807) is 7.11 Å². The zero-order valence-corrected chi connectivity index (χ0v) is 17.5. The van der Waals surface area contributed by atoms with Crippen molar-refractivity contribution in [3.05, 3.63) is 59.3 Å². The third kappa shape index (κ3) is 4.07. The van der Waals surface area contributed by atoms with Gasteiger partial charge in [0.15, 0.2) is 11.5 Å². The fraction of sp³-hybridized carbons (Fsp3) is 0.318. The number of H-pyrrole nitrogens is 1. The molecule has 156 valence electrons. The van der Waals surface area contributed by atoms with Crippen molar-refractivity contribution in [2.45, 2.75) is 13.8 Å². The Bertz CT molecular complexity index is 1020. The lowest BCUT2D eigenvalue weighted by molar-refractivity contribution is 0.0742. The zero-order chi connectivity index (χ0) is 21.1. The Morgan fingerprint density at radius 3 is 2.40 bits per heavy atom. The first-order chi connectivity index (χ1) is 14.5. The SMILES string of the molecule is COc1ccc(N2CCN(C(=O)c3n[nH]nc3Nc3ccc(C)c(C)c3)CC2)cc1. The average Bonchev–Trinajstić information content (AvgIpc) is 3.24. The first-order valence-corrected chi connectivity index (χ1v) is 9.98. The Morgan fingerprint density at radius 2 is 1.73 bits per heavy atom. The standard InChI is InChI=1S/C22H26N6O2/c1-15-4-5-17(14-16(15)2)23-21-20(24-26-25-21)22(29)28-12-10-27(11-13-28)18-6-8-19(30-3)9-7-18/h4-9,14H,10-13H2,1-3H3,(H2,23,24,25,26). The van der Waals surface area contributed by atoms with Gasteiger partial charge < -0.3 is 19.9 Å². The molecule has 8 nitrogen and oxygen atoms in total. The van der Waals surface area contributed by atoms with Gasteiger partial charge in [0.1, 0.15) is 5.75 Å². The minimum absolute atomic E-state index is 0.121. The molecule has 2 heterocycles. The summed E-state index contributed by atoms with van der Waals surface area (Å²) >= 11 is 0. The van der Waals surface area contributed by atoms with Gasteiger partial charge in [0.2, 0.25) is 0 Å². The van der Waals surface area contributed by atoms with Crippen LogP contribution in [0.15, 0.2) is 42.5 Å². The van der Waals surface area contributed by atoms with E-state index in [1.807, 2.05) is 47.4 Å². The lowest BCUT2D eigenvalue weighted by Crippen LogP contribution is -2.49. The molecule has 8 heteroatoms. The van der Waals surface area contributed by atoms with Crippen molar-refractivity contribution < 1.29 is 9.53 Å². The number of benzene rings is 2. The van der Waals surface area contributed by atoms with Crippen LogP contribution >= 0.6 is 0 Å². The number of amides is 1. The van der Waals surface area contributed by atoms with Crippen LogP contribution in [-0.4, -0.2) is 59.5 Å². The monoisotopic (exact) mass is 406 g/mol. The molecule has 0 spiro atoms. The Morgan fingerprint density at radius 1 is 1.00 bits per heavy atom. The van der Waals surface area contributed by atoms with Crippen LogP contribution < -0.4 is 15.0 Å². The molecule has 0 aliphatic carbocycles. The van der Waals surface area contributed by atoms with Gasteiger partial charge in [-0.05, 0) is 61.4 Å². The number of nitrogens with zero attached hydrogens (tertiary/aromatic N) is 4. The molecule has 1 aliphatic heterocycles. The second-order valence-electron chi connectivity index (χ2n) is 7.42. The number of aromatic nitrogens is 3. The van der Waals surface area contributed by atoms with Gasteiger partial charge in [-0.25, -0.2) is 0 Å². The predicted octanol–water partition coefficient (Wildman–Crippen LogP) is 3.14. The van der Waals surface area contributed by atoms with Gasteiger partial charge >= 0.3 is 0 Å². The molecule has 0 radical (unpaired) electrons. The maximum atomic E-state index is 13.0. The highest BCUT2D eigenvalue weighted by molar-refractivity contribution is 5.97. The molecule has 1 aromatic heterocycles. The van der Waals surface area contributed by atoms with Crippen LogP contribution in [0.1, 0.15) is 21.6 Å². The normalized spacial score (nSPS) is 14.0. The summed E-state index contributed by atoms with van der Waals surface area (Å²) in [6.07, 6.45) is 0. The van der Waals surface area contributed by atoms with Crippen LogP contribution in [0, 0.1) is 13.8 Å². The number of hydrogen-bond donors (Lipinski definition) is 2. The molecule has 1 fully saturated rings. The van der Waals surface area contributed by atoms with Crippen LogP contribution in [0.2, 0.25) is 0 Å². The van der Waals surface area contributed by atoms with Crippen LogP contribution in [-0.2, 0) is 0 Å². The van der Waals surface area contributed by atoms with E-state index in [-0.39, 0.29) is 5.91 Å². The van der Waals surface area contributed by atoms with E-state index in [0.29, 0.717) is 24.6 Å². The summed E-state index contributed by atoms with van der Waals surface area (Å²) in [6, 6.07) is 14.0. The second kappa shape index (κ2) is 8.44. The summed E-state index contributed by atoms with van der Waals surface area (Å²) in [5, 5.41) is 14.0. The fourth-order valence-corrected chi connectivity index (χ4v) is 3.53. The van der Waals surface area contributed by atoms with Crippen molar-refractivity contribution in [2.75, 3.05) is 43.5 Å². The van der Waals surface area contributed by atoms with E-state index in [4.69, 9.17) is 4.74 Å². The average molecular weight is 406 g/mol. The molecule has 0 bridgehead atoms. The smallest absolute Gasteiger partial charge is 0.278 e. The minimum atomic E-state index is -0.121. The fourth-order valence-electron chi connectivity index (χ4n) is 3.53. The number of piperazine rings is 1. The van der Waals surface area contributed by atoms with Gasteiger partial charge in [-0.1, -0.05) is 6.07 Å². The number of rotatable bonds is 5. The molecule has 0 saturated carbocycles. The van der Waals surface area contributed by atoms with Crippen LogP contribution in [0.4, 0.5) is 17.2 Å². The summed E-state index contributed by atoms with van der Waals surface area (Å²) in [5.74, 6) is 1.16. The highest BCUT2D eigenvalue weighted by atomic mass is 16.5. The molecular formula is C22H26N6O2. The summed E-state index contributed by atoms with van der Waals surface area (Å²) in [5.41, 5.74) is 4.70. The maximum Gasteiger partial charge on any atom is 0.278 e. The number of aromatic amines is 1. The van der Waals surface area contributed by atoms with Crippen molar-refractivity contribution in [2.24, 2.45) is 0 Å². The van der Waals surface area contributed by atoms with Gasteiger partial charge in [0, 0.05) is 37.6 Å². The van der Waals surface area contributed by atoms with E-state index < -0.39 is 0 Å². The van der Waals surface area contributed by atoms with Crippen molar-refractivity contribution in [1.29, 1.82) is 0 Å². The van der Waals surface area contributed by atoms with Gasteiger partial charge in [0.05, 0.1) is 7.11 Å². The molecule has 4 rings (SSSR count). The van der Waals surface area contributed by atoms with Crippen LogP contribution in [0.25, 0.3) is 0 Å². The molecule has 1 amide bonds. The van der Waals surface area contributed by atoms with Gasteiger partial charge in [0.25, 0.3) is 5.91 Å². The summed E-state index contributed by atoms with van der Waals surface area (Å²) in [6.45, 7) is 6.89. The zero-order valence-electron chi connectivity index (χ0n) is 17.5. The Balaban J connectivity index is 1.41. The van der Waals surface area contributed by atoms with Crippen molar-refractivity contribution in [3.8, 4) is 5.75 Å². The molecule has 1 saturated heterocycles. The number of nitrogens with one attached hydrogen (secondary N) is 2. The largest absolute Gasteiger partial charge is 0.497 e. The van der Waals surface area contributed by atoms with Crippen LogP contribution in [0.3, 0.4) is 0 Å². The first-order valence-electron chi connectivity index (χ1n) is 9.98. The van der Waals surface area contributed by atoms with E-state index in [9.17, 15) is 4.79 Å². The number of anilines is 3. The first kappa shape index (κ1) is 19.8. The number of carbonyl (C=O) groups excluding carboxylic acids is 1. The number of hydrogen-bond acceptors (Lipinski definition) is 6. The van der Waals surface area contributed by atoms with Crippen LogP contribution in [0.5, 0.6) is 5.75 Å². The Labute approximate surface area is 175 Å². The summed E-state index contributed by atoms with van der Waals surface area (Å²) in [7, 11) is 1.66. The molecule has 3 aromatic rings. The number of ether oxygens (including phenoxy) is 1. The molecule has 30 heavy (non-hydrogen) atoms. The molecule has 2 N–H and O–H groups in total. The lowest BCUT2D eigenvalue weighted by Gasteiger charge is -2.35. The van der Waals surface area contributed by atoms with Gasteiger partial charge in [-0.15, -0.1) is 10.2 Å². The lowest BCUT2D eigenvalue weighted by atomic mass is 10.1. The van der Waals surface area contributed by atoms with E-state index >= 15 is 0 Å². The topological polar surface area (TPSA) is 86.4 Å². The summed E-state index contributed by atoms with van der Waals surface area (Å²) in [4.78, 5) is 17.1. The Hall–Kier alpha value is -3.55. The molecule has 0 unspecified atom stereocenters. The summed E-state index contributed by atoms with van der Waals surface area (Å²) < 4.78 is 5.22. The highest BCUT2D eigenvalue weighted by Gasteiger charge is 2.26. The van der Waals surface area contributed by atoms with E-state index in [2.05, 4.69) is 39.5 Å². The molecule has 1 aliphatic rings. The molecular weight excluding hydrogens is 380 g/mol. The van der Waals surface area contributed by atoms with Crippen molar-refractivity contribution in [1.82, 2.24) is 20.3 Å².